The van der Waals surface area contributed by atoms with E-state index in [0.29, 0.717) is 23.0 Å². The highest BCUT2D eigenvalue weighted by Crippen LogP contribution is 2.87. The summed E-state index contributed by atoms with van der Waals surface area (Å²) in [5.74, 6) is 0.655. The molecule has 0 radical (unpaired) electrons. The molecule has 142 valence electrons. The van der Waals surface area contributed by atoms with Crippen molar-refractivity contribution >= 4 is 18.6 Å². The summed E-state index contributed by atoms with van der Waals surface area (Å²) >= 11 is 0. The van der Waals surface area contributed by atoms with Crippen LogP contribution in [0.15, 0.2) is 12.1 Å². The molecule has 3 aliphatic carbocycles. The van der Waals surface area contributed by atoms with Crippen LogP contribution in [0.1, 0.15) is 50.9 Å². The molecule has 0 aromatic heterocycles. The third-order valence-electron chi connectivity index (χ3n) is 8.14. The Morgan fingerprint density at radius 3 is 2.56 bits per heavy atom. The first-order valence-electron chi connectivity index (χ1n) is 9.66. The molecule has 1 aromatic carbocycles. The minimum atomic E-state index is -1.06. The molecule has 3 saturated carbocycles. The molecule has 0 bridgehead atoms. The molecule has 2 heterocycles. The molecular formula is C20H23BO6. The van der Waals surface area contributed by atoms with Gasteiger partial charge in [0.25, 0.3) is 0 Å². The van der Waals surface area contributed by atoms with Crippen LogP contribution in [0.3, 0.4) is 0 Å². The highest BCUT2D eigenvalue weighted by molar-refractivity contribution is 6.63. The van der Waals surface area contributed by atoms with Gasteiger partial charge in [-0.3, -0.25) is 0 Å². The highest BCUT2D eigenvalue weighted by atomic mass is 16.7. The average molecular weight is 370 g/mol. The molecule has 0 N–H and O–H groups in total. The molecule has 1 spiro atoms. The number of carbonyl (C=O) groups is 1. The van der Waals surface area contributed by atoms with Crippen LogP contribution in [-0.4, -0.2) is 37.2 Å². The van der Waals surface area contributed by atoms with Crippen molar-refractivity contribution in [1.29, 1.82) is 0 Å². The standard InChI is InChI=1S/C20H23BO6/c1-17(2)24-15-11(6-7-12(23-5)14(15)16(22)25-17)21-26-19(4)13-8-10-9-20(19,27-21)18(10,13)3/h6-7,10,13H,8-9H2,1-5H3/t10?,13-,18?,19+,20?/m1/s1. The lowest BCUT2D eigenvalue weighted by Crippen LogP contribution is -2.92. The lowest BCUT2D eigenvalue weighted by atomic mass is 9.21. The van der Waals surface area contributed by atoms with E-state index in [4.69, 9.17) is 23.5 Å². The topological polar surface area (TPSA) is 63.2 Å². The van der Waals surface area contributed by atoms with Gasteiger partial charge in [0.15, 0.2) is 0 Å². The van der Waals surface area contributed by atoms with Gasteiger partial charge in [-0.15, -0.1) is 0 Å². The van der Waals surface area contributed by atoms with Crippen molar-refractivity contribution < 1.29 is 28.3 Å². The van der Waals surface area contributed by atoms with Crippen LogP contribution in [0.25, 0.3) is 0 Å². The average Bonchev–Trinajstić information content (AvgIpc) is 2.92. The van der Waals surface area contributed by atoms with E-state index < -0.39 is 18.9 Å². The van der Waals surface area contributed by atoms with E-state index in [-0.39, 0.29) is 16.6 Å². The maximum atomic E-state index is 12.6. The van der Waals surface area contributed by atoms with Gasteiger partial charge in [0.1, 0.15) is 17.1 Å². The van der Waals surface area contributed by atoms with Gasteiger partial charge in [0, 0.05) is 24.7 Å². The Labute approximate surface area is 158 Å². The van der Waals surface area contributed by atoms with Gasteiger partial charge < -0.3 is 23.5 Å². The molecule has 0 amide bonds. The van der Waals surface area contributed by atoms with Gasteiger partial charge in [-0.05, 0) is 37.7 Å². The molecule has 3 unspecified atom stereocenters. The van der Waals surface area contributed by atoms with Crippen LogP contribution in [-0.2, 0) is 14.0 Å². The Morgan fingerprint density at radius 2 is 1.93 bits per heavy atom. The number of carbonyl (C=O) groups excluding carboxylic acids is 1. The van der Waals surface area contributed by atoms with Gasteiger partial charge in [-0.1, -0.05) is 13.0 Å². The zero-order chi connectivity index (χ0) is 19.0. The summed E-state index contributed by atoms with van der Waals surface area (Å²) in [7, 11) is 0.970. The van der Waals surface area contributed by atoms with Crippen molar-refractivity contribution in [3.8, 4) is 11.5 Å². The Kier molecular flexibility index (Phi) is 2.59. The predicted molar refractivity (Wildman–Crippen MR) is 96.1 cm³/mol. The maximum Gasteiger partial charge on any atom is 0.498 e. The summed E-state index contributed by atoms with van der Waals surface area (Å²) in [4.78, 5) is 12.6. The summed E-state index contributed by atoms with van der Waals surface area (Å²) in [6, 6.07) is 3.63. The van der Waals surface area contributed by atoms with Crippen molar-refractivity contribution in [3.63, 3.8) is 0 Å². The maximum absolute atomic E-state index is 12.6. The fourth-order valence-electron chi connectivity index (χ4n) is 6.78. The van der Waals surface area contributed by atoms with Crippen molar-refractivity contribution in [2.45, 2.75) is 57.5 Å². The lowest BCUT2D eigenvalue weighted by molar-refractivity contribution is -0.429. The Hall–Kier alpha value is -1.73. The molecule has 2 aliphatic heterocycles. The number of ether oxygens (including phenoxy) is 3. The first-order chi connectivity index (χ1) is 12.7. The van der Waals surface area contributed by atoms with Crippen LogP contribution in [0.2, 0.25) is 0 Å². The monoisotopic (exact) mass is 370 g/mol. The summed E-state index contributed by atoms with van der Waals surface area (Å²) < 4.78 is 29.9. The van der Waals surface area contributed by atoms with E-state index in [9.17, 15) is 4.79 Å². The molecule has 6 rings (SSSR count). The molecule has 6 nitrogen and oxygen atoms in total. The second-order valence-electron chi connectivity index (χ2n) is 9.43. The van der Waals surface area contributed by atoms with Gasteiger partial charge in [0.05, 0.1) is 18.3 Å². The molecule has 1 aromatic rings. The molecule has 27 heavy (non-hydrogen) atoms. The van der Waals surface area contributed by atoms with Crippen LogP contribution < -0.4 is 14.9 Å². The molecule has 1 saturated heterocycles. The van der Waals surface area contributed by atoms with Gasteiger partial charge in [-0.25, -0.2) is 4.79 Å². The van der Waals surface area contributed by atoms with Crippen molar-refractivity contribution in [3.05, 3.63) is 17.7 Å². The fraction of sp³-hybridized carbons (Fsp3) is 0.650. The van der Waals surface area contributed by atoms with Crippen LogP contribution in [0.4, 0.5) is 0 Å². The lowest BCUT2D eigenvalue weighted by Gasteiger charge is -2.87. The minimum Gasteiger partial charge on any atom is -0.496 e. The number of rotatable bonds is 2. The van der Waals surface area contributed by atoms with Crippen LogP contribution >= 0.6 is 0 Å². The fourth-order valence-corrected chi connectivity index (χ4v) is 6.78. The van der Waals surface area contributed by atoms with Crippen LogP contribution in [0.5, 0.6) is 11.5 Å². The smallest absolute Gasteiger partial charge is 0.496 e. The third-order valence-corrected chi connectivity index (χ3v) is 8.14. The summed E-state index contributed by atoms with van der Waals surface area (Å²) in [6.07, 6.45) is 2.28. The molecule has 5 atom stereocenters. The SMILES string of the molecule is COc1ccc(B2OC34CC5C[C@H](C53C)[C@]4(C)O2)c2c1C(=O)OC(C)(C)O2. The minimum absolute atomic E-state index is 0.213. The number of methoxy groups -OCH3 is 1. The zero-order valence-electron chi connectivity index (χ0n) is 16.3. The summed E-state index contributed by atoms with van der Waals surface area (Å²) in [5.41, 5.74) is 0.785. The second-order valence-corrected chi connectivity index (χ2v) is 9.43. The summed E-state index contributed by atoms with van der Waals surface area (Å²) in [5, 5.41) is 0. The number of hydrogen-bond acceptors (Lipinski definition) is 6. The molecule has 4 fully saturated rings. The molecule has 5 aliphatic rings. The predicted octanol–water partition coefficient (Wildman–Crippen LogP) is 2.28. The Morgan fingerprint density at radius 1 is 1.15 bits per heavy atom. The van der Waals surface area contributed by atoms with E-state index in [2.05, 4.69) is 13.8 Å². The largest absolute Gasteiger partial charge is 0.498 e. The van der Waals surface area contributed by atoms with Gasteiger partial charge >= 0.3 is 13.1 Å². The number of fused-ring (bicyclic) bond motifs is 2. The van der Waals surface area contributed by atoms with Gasteiger partial charge in [-0.2, -0.15) is 0 Å². The van der Waals surface area contributed by atoms with E-state index in [1.54, 1.807) is 19.9 Å². The van der Waals surface area contributed by atoms with Crippen LogP contribution in [0, 0.1) is 17.3 Å². The van der Waals surface area contributed by atoms with Crippen molar-refractivity contribution in [2.75, 3.05) is 7.11 Å². The number of benzene rings is 1. The molecule has 7 heteroatoms. The first kappa shape index (κ1) is 16.2. The third kappa shape index (κ3) is 1.48. The van der Waals surface area contributed by atoms with Crippen molar-refractivity contribution in [1.82, 2.24) is 0 Å². The number of cyclic esters (lactones) is 1. The summed E-state index contributed by atoms with van der Waals surface area (Å²) in [6.45, 7) is 7.96. The quantitative estimate of drug-likeness (QED) is 0.588. The second kappa shape index (κ2) is 4.30. The number of hydrogen-bond donors (Lipinski definition) is 0. The van der Waals surface area contributed by atoms with Gasteiger partial charge in [0.2, 0.25) is 5.79 Å². The van der Waals surface area contributed by atoms with E-state index in [1.807, 2.05) is 6.07 Å². The van der Waals surface area contributed by atoms with E-state index in [1.165, 1.54) is 13.5 Å². The number of esters is 1. The Bertz CT molecular complexity index is 914. The van der Waals surface area contributed by atoms with Crippen molar-refractivity contribution in [2.24, 2.45) is 17.3 Å². The Balaban J connectivity index is 1.45. The van der Waals surface area contributed by atoms with E-state index >= 15 is 0 Å². The van der Waals surface area contributed by atoms with E-state index in [0.717, 1.165) is 17.8 Å². The first-order valence-corrected chi connectivity index (χ1v) is 9.66. The normalized spacial score (nSPS) is 44.5. The molecular weight excluding hydrogens is 347 g/mol. The highest BCUT2D eigenvalue weighted by Gasteiger charge is 2.93. The zero-order valence-corrected chi connectivity index (χ0v) is 16.3.